The maximum Gasteiger partial charge on any atom is 0.144 e. The lowest BCUT2D eigenvalue weighted by atomic mass is 10.1. The zero-order valence-electron chi connectivity index (χ0n) is 11.0. The highest BCUT2D eigenvalue weighted by atomic mass is 19.1. The van der Waals surface area contributed by atoms with Crippen molar-refractivity contribution in [3.8, 4) is 11.8 Å². The number of nitriles is 1. The van der Waals surface area contributed by atoms with Gasteiger partial charge in [-0.15, -0.1) is 0 Å². The van der Waals surface area contributed by atoms with Gasteiger partial charge in [-0.25, -0.2) is 4.39 Å². The predicted octanol–water partition coefficient (Wildman–Crippen LogP) is 3.29. The number of nitrogen functional groups attached to an aromatic ring is 1. The Kier molecular flexibility index (Phi) is 4.56. The van der Waals surface area contributed by atoms with Crippen LogP contribution in [0.5, 0.6) is 5.75 Å². The van der Waals surface area contributed by atoms with Crippen LogP contribution in [0.4, 0.5) is 10.1 Å². The summed E-state index contributed by atoms with van der Waals surface area (Å²) in [6, 6.07) is 13.7. The Morgan fingerprint density at radius 2 is 1.90 bits per heavy atom. The molecule has 2 rings (SSSR count). The van der Waals surface area contributed by atoms with Crippen molar-refractivity contribution in [2.45, 2.75) is 12.8 Å². The quantitative estimate of drug-likeness (QED) is 0.670. The molecule has 3 nitrogen and oxygen atoms in total. The van der Waals surface area contributed by atoms with Crippen molar-refractivity contribution in [3.05, 3.63) is 59.4 Å². The molecule has 2 aromatic rings. The van der Waals surface area contributed by atoms with Crippen LogP contribution in [-0.2, 0) is 6.42 Å². The van der Waals surface area contributed by atoms with Crippen LogP contribution < -0.4 is 10.5 Å². The first-order chi connectivity index (χ1) is 9.69. The normalized spacial score (nSPS) is 10.0. The molecule has 0 radical (unpaired) electrons. The molecular weight excluding hydrogens is 255 g/mol. The van der Waals surface area contributed by atoms with E-state index < -0.39 is 5.82 Å². The van der Waals surface area contributed by atoms with Gasteiger partial charge in [-0.2, -0.15) is 5.26 Å². The fourth-order valence-corrected chi connectivity index (χ4v) is 1.83. The van der Waals surface area contributed by atoms with Crippen LogP contribution in [0.2, 0.25) is 0 Å². The van der Waals surface area contributed by atoms with Crippen molar-refractivity contribution in [2.75, 3.05) is 12.3 Å². The number of hydrogen-bond acceptors (Lipinski definition) is 3. The molecule has 0 fully saturated rings. The number of hydrogen-bond donors (Lipinski definition) is 1. The van der Waals surface area contributed by atoms with Crippen molar-refractivity contribution in [2.24, 2.45) is 0 Å². The number of benzene rings is 2. The number of aryl methyl sites for hydroxylation is 1. The second kappa shape index (κ2) is 6.58. The van der Waals surface area contributed by atoms with Crippen LogP contribution in [0, 0.1) is 17.1 Å². The second-order valence-corrected chi connectivity index (χ2v) is 4.45. The summed E-state index contributed by atoms with van der Waals surface area (Å²) in [5.41, 5.74) is 7.58. The Balaban J connectivity index is 1.80. The van der Waals surface area contributed by atoms with Crippen LogP contribution in [-0.4, -0.2) is 6.61 Å². The van der Waals surface area contributed by atoms with Gasteiger partial charge in [0.05, 0.1) is 12.2 Å². The molecule has 4 heteroatoms. The maximum atomic E-state index is 13.3. The molecule has 20 heavy (non-hydrogen) atoms. The summed E-state index contributed by atoms with van der Waals surface area (Å²) < 4.78 is 18.8. The molecule has 0 aromatic heterocycles. The molecule has 2 aromatic carbocycles. The van der Waals surface area contributed by atoms with Crippen LogP contribution in [0.15, 0.2) is 42.5 Å². The molecule has 0 saturated heterocycles. The molecule has 0 atom stereocenters. The first-order valence-corrected chi connectivity index (χ1v) is 6.36. The topological polar surface area (TPSA) is 59.0 Å². The largest absolute Gasteiger partial charge is 0.493 e. The monoisotopic (exact) mass is 270 g/mol. The van der Waals surface area contributed by atoms with Gasteiger partial charge in [-0.05, 0) is 42.7 Å². The summed E-state index contributed by atoms with van der Waals surface area (Å²) in [4.78, 5) is 0. The highest BCUT2D eigenvalue weighted by Gasteiger charge is 2.03. The van der Waals surface area contributed by atoms with E-state index in [1.54, 1.807) is 12.1 Å². The molecule has 0 aliphatic rings. The van der Waals surface area contributed by atoms with Gasteiger partial charge in [-0.1, -0.05) is 12.1 Å². The summed E-state index contributed by atoms with van der Waals surface area (Å²) in [7, 11) is 0. The van der Waals surface area contributed by atoms with Crippen molar-refractivity contribution < 1.29 is 9.13 Å². The summed E-state index contributed by atoms with van der Waals surface area (Å²) in [6.45, 7) is 0.496. The van der Waals surface area contributed by atoms with E-state index in [1.165, 1.54) is 17.7 Å². The number of halogens is 1. The highest BCUT2D eigenvalue weighted by Crippen LogP contribution is 2.16. The number of nitrogens with two attached hydrogens (primary N) is 1. The van der Waals surface area contributed by atoms with E-state index in [1.807, 2.05) is 24.3 Å². The van der Waals surface area contributed by atoms with E-state index >= 15 is 0 Å². The van der Waals surface area contributed by atoms with Gasteiger partial charge in [0.1, 0.15) is 17.6 Å². The van der Waals surface area contributed by atoms with E-state index in [9.17, 15) is 4.39 Å². The average Bonchev–Trinajstić information content (AvgIpc) is 2.46. The molecule has 0 heterocycles. The van der Waals surface area contributed by atoms with Gasteiger partial charge >= 0.3 is 0 Å². The molecule has 0 bridgehead atoms. The van der Waals surface area contributed by atoms with Crippen LogP contribution in [0.25, 0.3) is 0 Å². The van der Waals surface area contributed by atoms with Crippen LogP contribution in [0.1, 0.15) is 17.5 Å². The Bertz CT molecular complexity index is 617. The minimum absolute atomic E-state index is 0.0271. The molecule has 0 aliphatic carbocycles. The van der Waals surface area contributed by atoms with Crippen molar-refractivity contribution in [1.29, 1.82) is 5.26 Å². The van der Waals surface area contributed by atoms with Crippen LogP contribution in [0.3, 0.4) is 0 Å². The first-order valence-electron chi connectivity index (χ1n) is 6.36. The molecule has 0 aliphatic heterocycles. The molecule has 2 N–H and O–H groups in total. The lowest BCUT2D eigenvalue weighted by Gasteiger charge is -2.07. The van der Waals surface area contributed by atoms with Gasteiger partial charge in [0.2, 0.25) is 0 Å². The van der Waals surface area contributed by atoms with Gasteiger partial charge in [0.25, 0.3) is 0 Å². The predicted molar refractivity (Wildman–Crippen MR) is 75.8 cm³/mol. The Hall–Kier alpha value is -2.54. The molecule has 0 saturated carbocycles. The molecule has 0 amide bonds. The van der Waals surface area contributed by atoms with E-state index in [-0.39, 0.29) is 5.56 Å². The minimum atomic E-state index is -0.552. The summed E-state index contributed by atoms with van der Waals surface area (Å²) in [5, 5.41) is 8.63. The van der Waals surface area contributed by atoms with Gasteiger partial charge in [0.15, 0.2) is 0 Å². The lowest BCUT2D eigenvalue weighted by molar-refractivity contribution is 0.309. The number of nitrogens with zero attached hydrogens (tertiary/aromatic N) is 1. The fraction of sp³-hybridized carbons (Fsp3) is 0.188. The van der Waals surface area contributed by atoms with E-state index in [4.69, 9.17) is 15.7 Å². The fourth-order valence-electron chi connectivity index (χ4n) is 1.83. The Morgan fingerprint density at radius 3 is 2.55 bits per heavy atom. The molecule has 0 spiro atoms. The van der Waals surface area contributed by atoms with Crippen molar-refractivity contribution in [3.63, 3.8) is 0 Å². The Morgan fingerprint density at radius 1 is 1.15 bits per heavy atom. The third-order valence-electron chi connectivity index (χ3n) is 2.92. The lowest BCUT2D eigenvalue weighted by Crippen LogP contribution is -2.00. The molecular formula is C16H15FN2O. The van der Waals surface area contributed by atoms with Crippen molar-refractivity contribution >= 4 is 5.69 Å². The number of rotatable bonds is 5. The standard InChI is InChI=1S/C16H15FN2O/c17-16-10-15(8-5-13(16)11-18)20-9-1-2-12-3-6-14(19)7-4-12/h3-8,10H,1-2,9,19H2. The highest BCUT2D eigenvalue weighted by molar-refractivity contribution is 5.39. The maximum absolute atomic E-state index is 13.3. The van der Waals surface area contributed by atoms with Gasteiger partial charge in [0, 0.05) is 11.8 Å². The zero-order valence-corrected chi connectivity index (χ0v) is 11.0. The summed E-state index contributed by atoms with van der Waals surface area (Å²) in [6.07, 6.45) is 1.70. The molecule has 102 valence electrons. The SMILES string of the molecule is N#Cc1ccc(OCCCc2ccc(N)cc2)cc1F. The summed E-state index contributed by atoms with van der Waals surface area (Å²) in [5.74, 6) is -0.109. The van der Waals surface area contributed by atoms with Gasteiger partial charge in [-0.3, -0.25) is 0 Å². The molecule has 0 unspecified atom stereocenters. The number of anilines is 1. The average molecular weight is 270 g/mol. The van der Waals surface area contributed by atoms with E-state index in [2.05, 4.69) is 0 Å². The van der Waals surface area contributed by atoms with E-state index in [0.717, 1.165) is 18.5 Å². The number of ether oxygens (including phenoxy) is 1. The second-order valence-electron chi connectivity index (χ2n) is 4.45. The first kappa shape index (κ1) is 13.9. The van der Waals surface area contributed by atoms with Gasteiger partial charge < -0.3 is 10.5 Å². The third-order valence-corrected chi connectivity index (χ3v) is 2.92. The minimum Gasteiger partial charge on any atom is -0.493 e. The van der Waals surface area contributed by atoms with Crippen molar-refractivity contribution in [1.82, 2.24) is 0 Å². The summed E-state index contributed by atoms with van der Waals surface area (Å²) >= 11 is 0. The van der Waals surface area contributed by atoms with E-state index in [0.29, 0.717) is 12.4 Å². The smallest absolute Gasteiger partial charge is 0.144 e. The Labute approximate surface area is 117 Å². The zero-order chi connectivity index (χ0) is 14.4. The van der Waals surface area contributed by atoms with Crippen LogP contribution >= 0.6 is 0 Å². The third kappa shape index (κ3) is 3.72.